The van der Waals surface area contributed by atoms with Gasteiger partial charge in [0.15, 0.2) is 0 Å². The second-order valence-corrected chi connectivity index (χ2v) is 3.26. The molecule has 0 aliphatic heterocycles. The summed E-state index contributed by atoms with van der Waals surface area (Å²) >= 11 is 0. The minimum absolute atomic E-state index is 0.0174. The molecular weight excluding hydrogens is 140 g/mol. The van der Waals surface area contributed by atoms with Crippen LogP contribution in [0.3, 0.4) is 0 Å². The number of carbonyl (C=O) groups excluding carboxylic acids is 2. The molecule has 0 amide bonds. The molecule has 2 rings (SSSR count). The number of rotatable bonds is 0. The smallest absolute Gasteiger partial charge is 0.140 e. The molecule has 0 bridgehead atoms. The zero-order valence-electron chi connectivity index (χ0n) is 6.30. The van der Waals surface area contributed by atoms with E-state index in [9.17, 15) is 9.59 Å². The first-order chi connectivity index (χ1) is 5.27. The molecule has 2 aliphatic rings. The van der Waals surface area contributed by atoms with E-state index in [0.29, 0.717) is 19.3 Å². The van der Waals surface area contributed by atoms with Crippen molar-refractivity contribution in [3.05, 3.63) is 11.6 Å². The van der Waals surface area contributed by atoms with E-state index in [4.69, 9.17) is 0 Å². The molecule has 1 fully saturated rings. The summed E-state index contributed by atoms with van der Waals surface area (Å²) < 4.78 is 0. The summed E-state index contributed by atoms with van der Waals surface area (Å²) in [6.07, 6.45) is 4.57. The molecule has 0 aromatic carbocycles. The van der Waals surface area contributed by atoms with E-state index in [2.05, 4.69) is 6.08 Å². The Kier molecular flexibility index (Phi) is 1.41. The maximum atomic E-state index is 11.2. The first-order valence-corrected chi connectivity index (χ1v) is 4.00. The maximum Gasteiger partial charge on any atom is 0.140 e. The minimum Gasteiger partial charge on any atom is -0.299 e. The fraction of sp³-hybridized carbons (Fsp3) is 0.556. The Morgan fingerprint density at radius 2 is 2.18 bits per heavy atom. The number of hydrogen-bond acceptors (Lipinski definition) is 2. The van der Waals surface area contributed by atoms with E-state index in [1.807, 2.05) is 0 Å². The summed E-state index contributed by atoms with van der Waals surface area (Å²) in [5, 5.41) is 0. The third-order valence-electron chi connectivity index (χ3n) is 2.47. The molecule has 1 saturated carbocycles. The number of hydrogen-bond donors (Lipinski definition) is 0. The molecule has 0 saturated heterocycles. The molecule has 0 aromatic heterocycles. The molecule has 0 heterocycles. The third kappa shape index (κ3) is 1.02. The summed E-state index contributed by atoms with van der Waals surface area (Å²) in [4.78, 5) is 22.2. The van der Waals surface area contributed by atoms with Crippen LogP contribution in [0.2, 0.25) is 0 Å². The van der Waals surface area contributed by atoms with Crippen molar-refractivity contribution >= 4 is 11.6 Å². The van der Waals surface area contributed by atoms with Crippen molar-refractivity contribution in [3.63, 3.8) is 0 Å². The molecule has 2 nitrogen and oxygen atoms in total. The second kappa shape index (κ2) is 2.29. The lowest BCUT2D eigenvalue weighted by molar-refractivity contribution is -0.124. The predicted molar refractivity (Wildman–Crippen MR) is 40.1 cm³/mol. The van der Waals surface area contributed by atoms with E-state index in [-0.39, 0.29) is 17.5 Å². The van der Waals surface area contributed by atoms with Crippen molar-refractivity contribution in [3.8, 4) is 0 Å². The summed E-state index contributed by atoms with van der Waals surface area (Å²) in [6, 6.07) is 0. The minimum atomic E-state index is -0.0174. The topological polar surface area (TPSA) is 34.1 Å². The highest BCUT2D eigenvalue weighted by Gasteiger charge is 2.33. The Morgan fingerprint density at radius 3 is 2.91 bits per heavy atom. The maximum absolute atomic E-state index is 11.2. The van der Waals surface area contributed by atoms with E-state index >= 15 is 0 Å². The van der Waals surface area contributed by atoms with Crippen LogP contribution in [0, 0.1) is 5.92 Å². The van der Waals surface area contributed by atoms with Gasteiger partial charge in [0.25, 0.3) is 0 Å². The first-order valence-electron chi connectivity index (χ1n) is 4.00. The predicted octanol–water partition coefficient (Wildman–Crippen LogP) is 1.25. The van der Waals surface area contributed by atoms with Gasteiger partial charge >= 0.3 is 0 Å². The van der Waals surface area contributed by atoms with Crippen LogP contribution in [-0.4, -0.2) is 11.6 Å². The summed E-state index contributed by atoms with van der Waals surface area (Å²) in [7, 11) is 0. The standard InChI is InChI=1S/C9H10O2/c10-7-4-6-2-1-3-9(11)8(6)5-7/h2,8H,1,3-5H2. The van der Waals surface area contributed by atoms with Crippen molar-refractivity contribution in [2.45, 2.75) is 25.7 Å². The van der Waals surface area contributed by atoms with Crippen LogP contribution >= 0.6 is 0 Å². The molecule has 11 heavy (non-hydrogen) atoms. The van der Waals surface area contributed by atoms with Crippen LogP contribution < -0.4 is 0 Å². The van der Waals surface area contributed by atoms with Gasteiger partial charge in [0, 0.05) is 25.2 Å². The van der Waals surface area contributed by atoms with Crippen LogP contribution in [-0.2, 0) is 9.59 Å². The Bertz CT molecular complexity index is 250. The van der Waals surface area contributed by atoms with Gasteiger partial charge in [0.05, 0.1) is 0 Å². The molecule has 0 N–H and O–H groups in total. The fourth-order valence-corrected chi connectivity index (χ4v) is 1.89. The highest BCUT2D eigenvalue weighted by molar-refractivity contribution is 5.96. The molecule has 0 spiro atoms. The fourth-order valence-electron chi connectivity index (χ4n) is 1.89. The van der Waals surface area contributed by atoms with Crippen LogP contribution in [0.25, 0.3) is 0 Å². The average molecular weight is 150 g/mol. The number of Topliss-reactive ketones (excluding diaryl/α,β-unsaturated/α-hetero) is 2. The second-order valence-electron chi connectivity index (χ2n) is 3.26. The molecule has 58 valence electrons. The number of ketones is 2. The van der Waals surface area contributed by atoms with Gasteiger partial charge < -0.3 is 0 Å². The lowest BCUT2D eigenvalue weighted by Crippen LogP contribution is -2.15. The van der Waals surface area contributed by atoms with Gasteiger partial charge in [-0.2, -0.15) is 0 Å². The number of fused-ring (bicyclic) bond motifs is 1. The lowest BCUT2D eigenvalue weighted by Gasteiger charge is -2.13. The number of allylic oxidation sites excluding steroid dienone is 2. The van der Waals surface area contributed by atoms with Crippen LogP contribution in [0.5, 0.6) is 0 Å². The van der Waals surface area contributed by atoms with E-state index in [1.165, 1.54) is 0 Å². The van der Waals surface area contributed by atoms with Gasteiger partial charge in [-0.3, -0.25) is 9.59 Å². The van der Waals surface area contributed by atoms with Crippen molar-refractivity contribution in [1.29, 1.82) is 0 Å². The molecule has 2 aliphatic carbocycles. The van der Waals surface area contributed by atoms with Crippen molar-refractivity contribution in [2.75, 3.05) is 0 Å². The van der Waals surface area contributed by atoms with Gasteiger partial charge in [-0.25, -0.2) is 0 Å². The molecule has 0 aromatic rings. The molecule has 0 radical (unpaired) electrons. The normalized spacial score (nSPS) is 30.2. The van der Waals surface area contributed by atoms with Crippen molar-refractivity contribution in [2.24, 2.45) is 5.92 Å². The lowest BCUT2D eigenvalue weighted by atomic mass is 9.89. The molecule has 2 heteroatoms. The van der Waals surface area contributed by atoms with Gasteiger partial charge in [0.1, 0.15) is 11.6 Å². The number of carbonyl (C=O) groups is 2. The zero-order chi connectivity index (χ0) is 7.84. The quantitative estimate of drug-likeness (QED) is 0.487. The first kappa shape index (κ1) is 6.77. The Labute approximate surface area is 65.3 Å². The molecule has 1 unspecified atom stereocenters. The summed E-state index contributed by atoms with van der Waals surface area (Å²) in [6.45, 7) is 0. The summed E-state index contributed by atoms with van der Waals surface area (Å²) in [5.41, 5.74) is 1.09. The van der Waals surface area contributed by atoms with Gasteiger partial charge in [-0.05, 0) is 6.42 Å². The van der Waals surface area contributed by atoms with E-state index in [0.717, 1.165) is 12.0 Å². The Balaban J connectivity index is 2.30. The third-order valence-corrected chi connectivity index (χ3v) is 2.47. The van der Waals surface area contributed by atoms with E-state index < -0.39 is 0 Å². The monoisotopic (exact) mass is 150 g/mol. The largest absolute Gasteiger partial charge is 0.299 e. The zero-order valence-corrected chi connectivity index (χ0v) is 6.30. The van der Waals surface area contributed by atoms with Gasteiger partial charge in [-0.1, -0.05) is 11.6 Å². The van der Waals surface area contributed by atoms with Gasteiger partial charge in [-0.15, -0.1) is 0 Å². The SMILES string of the molecule is O=C1CC2=CCCC(=O)C2C1. The molecule has 1 atom stereocenters. The van der Waals surface area contributed by atoms with Gasteiger partial charge in [0.2, 0.25) is 0 Å². The Hall–Kier alpha value is -0.920. The molecular formula is C9H10O2. The highest BCUT2D eigenvalue weighted by atomic mass is 16.1. The summed E-state index contributed by atoms with van der Waals surface area (Å²) in [5.74, 6) is 0.487. The Morgan fingerprint density at radius 1 is 1.36 bits per heavy atom. The van der Waals surface area contributed by atoms with Crippen LogP contribution in [0.1, 0.15) is 25.7 Å². The van der Waals surface area contributed by atoms with Crippen molar-refractivity contribution < 1.29 is 9.59 Å². The van der Waals surface area contributed by atoms with Crippen LogP contribution in [0.15, 0.2) is 11.6 Å². The highest BCUT2D eigenvalue weighted by Crippen LogP contribution is 2.33. The van der Waals surface area contributed by atoms with Crippen molar-refractivity contribution in [1.82, 2.24) is 0 Å². The average Bonchev–Trinajstić information content (AvgIpc) is 2.31. The van der Waals surface area contributed by atoms with Crippen LogP contribution in [0.4, 0.5) is 0 Å². The van der Waals surface area contributed by atoms with E-state index in [1.54, 1.807) is 0 Å².